The molecule has 1 aliphatic carbocycles. The molecule has 15 heavy (non-hydrogen) atoms. The lowest BCUT2D eigenvalue weighted by Gasteiger charge is -2.19. The molecule has 1 unspecified atom stereocenters. The number of nitrogens with zero attached hydrogens (tertiary/aromatic N) is 1. The van der Waals surface area contributed by atoms with Gasteiger partial charge in [0.25, 0.3) is 0 Å². The fraction of sp³-hybridized carbons (Fsp3) is 0.700. The quantitative estimate of drug-likeness (QED) is 0.455. The van der Waals surface area contributed by atoms with Gasteiger partial charge in [0.15, 0.2) is 0 Å². The summed E-state index contributed by atoms with van der Waals surface area (Å²) in [7, 11) is -3.22. The molecule has 1 atom stereocenters. The smallest absolute Gasteiger partial charge is 0.206 e. The Morgan fingerprint density at radius 2 is 2.27 bits per heavy atom. The Labute approximate surface area is 91.5 Å². The second-order valence-corrected chi connectivity index (χ2v) is 5.87. The first-order chi connectivity index (χ1) is 6.88. The molecule has 86 valence electrons. The Morgan fingerprint density at radius 1 is 1.60 bits per heavy atom. The Bertz CT molecular complexity index is 382. The maximum Gasteiger partial charge on any atom is 0.244 e. The van der Waals surface area contributed by atoms with Crippen molar-refractivity contribution >= 4 is 15.7 Å². The van der Waals surface area contributed by atoms with Crippen molar-refractivity contribution in [1.82, 2.24) is 4.83 Å². The highest BCUT2D eigenvalue weighted by atomic mass is 32.2. The van der Waals surface area contributed by atoms with E-state index < -0.39 is 10.0 Å². The lowest BCUT2D eigenvalue weighted by Crippen LogP contribution is -2.21. The first-order valence-electron chi connectivity index (χ1n) is 5.05. The van der Waals surface area contributed by atoms with Gasteiger partial charge in [0.2, 0.25) is 10.0 Å². The minimum Gasteiger partial charge on any atom is -0.206 e. The zero-order valence-corrected chi connectivity index (χ0v) is 10.3. The molecule has 0 radical (unpaired) electrons. The van der Waals surface area contributed by atoms with Gasteiger partial charge in [0.05, 0.1) is 6.26 Å². The number of nitrogens with one attached hydrogen (secondary N) is 1. The molecule has 4 nitrogen and oxygen atoms in total. The normalized spacial score (nSPS) is 23.5. The highest BCUT2D eigenvalue weighted by Crippen LogP contribution is 2.24. The monoisotopic (exact) mass is 230 g/mol. The fourth-order valence-electron chi connectivity index (χ4n) is 1.59. The zero-order valence-electron chi connectivity index (χ0n) is 9.45. The van der Waals surface area contributed by atoms with E-state index in [-0.39, 0.29) is 0 Å². The standard InChI is InChI=1S/C10H18N2O2S/c1-8-4-6-10(7-5-8)9(2)11-12-15(3,13)14/h4,10,12H,5-7H2,1-3H3/b11-9-. The Hall–Kier alpha value is -0.840. The van der Waals surface area contributed by atoms with Crippen LogP contribution in [-0.4, -0.2) is 20.4 Å². The SMILES string of the molecule is CC1=CCC(/C(C)=N\NS(C)(=O)=O)CC1. The van der Waals surface area contributed by atoms with Crippen LogP contribution in [0.4, 0.5) is 0 Å². The van der Waals surface area contributed by atoms with Gasteiger partial charge in [-0.3, -0.25) is 0 Å². The molecular weight excluding hydrogens is 212 g/mol. The molecule has 0 amide bonds. The van der Waals surface area contributed by atoms with Gasteiger partial charge in [-0.1, -0.05) is 11.6 Å². The molecule has 5 heteroatoms. The molecule has 0 bridgehead atoms. The van der Waals surface area contributed by atoms with Crippen molar-refractivity contribution in [2.75, 3.05) is 6.26 Å². The largest absolute Gasteiger partial charge is 0.244 e. The second-order valence-electron chi connectivity index (χ2n) is 4.14. The topological polar surface area (TPSA) is 58.5 Å². The van der Waals surface area contributed by atoms with Gasteiger partial charge in [-0.15, -0.1) is 0 Å². The molecule has 0 saturated heterocycles. The van der Waals surface area contributed by atoms with Gasteiger partial charge < -0.3 is 0 Å². The van der Waals surface area contributed by atoms with Crippen molar-refractivity contribution in [1.29, 1.82) is 0 Å². The lowest BCUT2D eigenvalue weighted by atomic mass is 9.87. The van der Waals surface area contributed by atoms with E-state index in [0.717, 1.165) is 31.2 Å². The van der Waals surface area contributed by atoms with Crippen LogP contribution in [0.3, 0.4) is 0 Å². The summed E-state index contributed by atoms with van der Waals surface area (Å²) >= 11 is 0. The molecule has 1 aliphatic rings. The van der Waals surface area contributed by atoms with E-state index >= 15 is 0 Å². The summed E-state index contributed by atoms with van der Waals surface area (Å²) in [6.45, 7) is 3.99. The van der Waals surface area contributed by atoms with Gasteiger partial charge in [-0.2, -0.15) is 5.10 Å². The molecule has 0 aliphatic heterocycles. The third-order valence-electron chi connectivity index (χ3n) is 2.62. The summed E-state index contributed by atoms with van der Waals surface area (Å²) in [5.74, 6) is 0.378. The van der Waals surface area contributed by atoms with E-state index in [0.29, 0.717) is 5.92 Å². The van der Waals surface area contributed by atoms with Crippen molar-refractivity contribution in [3.63, 3.8) is 0 Å². The molecule has 0 fully saturated rings. The summed E-state index contributed by atoms with van der Waals surface area (Å²) in [5, 5.41) is 3.89. The first kappa shape index (κ1) is 12.2. The zero-order chi connectivity index (χ0) is 11.5. The van der Waals surface area contributed by atoms with Crippen LogP contribution in [0.5, 0.6) is 0 Å². The van der Waals surface area contributed by atoms with Gasteiger partial charge >= 0.3 is 0 Å². The van der Waals surface area contributed by atoms with Crippen molar-refractivity contribution < 1.29 is 8.42 Å². The van der Waals surface area contributed by atoms with Crippen molar-refractivity contribution in [2.24, 2.45) is 11.0 Å². The average molecular weight is 230 g/mol. The molecule has 0 spiro atoms. The number of hydrogen-bond donors (Lipinski definition) is 1. The van der Waals surface area contributed by atoms with E-state index in [1.54, 1.807) is 0 Å². The molecule has 1 N–H and O–H groups in total. The van der Waals surface area contributed by atoms with Crippen LogP contribution in [-0.2, 0) is 10.0 Å². The first-order valence-corrected chi connectivity index (χ1v) is 6.94. The van der Waals surface area contributed by atoms with E-state index in [4.69, 9.17) is 0 Å². The third-order valence-corrected chi connectivity index (χ3v) is 3.04. The molecule has 0 saturated carbocycles. The molecular formula is C10H18N2O2S. The molecule has 0 aromatic heterocycles. The van der Waals surface area contributed by atoms with Crippen LogP contribution in [0.1, 0.15) is 33.1 Å². The third kappa shape index (κ3) is 4.46. The van der Waals surface area contributed by atoms with Crippen molar-refractivity contribution in [3.8, 4) is 0 Å². The predicted molar refractivity (Wildman–Crippen MR) is 62.2 cm³/mol. The van der Waals surface area contributed by atoms with Crippen LogP contribution in [0.25, 0.3) is 0 Å². The summed E-state index contributed by atoms with van der Waals surface area (Å²) in [6, 6.07) is 0. The van der Waals surface area contributed by atoms with Gasteiger partial charge in [-0.25, -0.2) is 13.2 Å². The number of hydrazone groups is 1. The van der Waals surface area contributed by atoms with Crippen LogP contribution in [0.2, 0.25) is 0 Å². The Balaban J connectivity index is 2.58. The summed E-state index contributed by atoms with van der Waals surface area (Å²) < 4.78 is 21.7. The summed E-state index contributed by atoms with van der Waals surface area (Å²) in [4.78, 5) is 2.17. The molecule has 1 rings (SSSR count). The average Bonchev–Trinajstić information content (AvgIpc) is 2.14. The van der Waals surface area contributed by atoms with E-state index in [9.17, 15) is 8.42 Å². The predicted octanol–water partition coefficient (Wildman–Crippen LogP) is 1.66. The highest BCUT2D eigenvalue weighted by Gasteiger charge is 2.15. The Morgan fingerprint density at radius 3 is 2.73 bits per heavy atom. The lowest BCUT2D eigenvalue weighted by molar-refractivity contribution is 0.581. The number of sulfonamides is 1. The van der Waals surface area contributed by atoms with Gasteiger partial charge in [-0.05, 0) is 33.1 Å². The fourth-order valence-corrected chi connectivity index (χ4v) is 1.90. The van der Waals surface area contributed by atoms with Crippen molar-refractivity contribution in [3.05, 3.63) is 11.6 Å². The maximum absolute atomic E-state index is 10.8. The minimum absolute atomic E-state index is 0.378. The second kappa shape index (κ2) is 4.79. The summed E-state index contributed by atoms with van der Waals surface area (Å²) in [5.41, 5.74) is 2.28. The Kier molecular flexibility index (Phi) is 3.90. The van der Waals surface area contributed by atoms with Crippen LogP contribution >= 0.6 is 0 Å². The van der Waals surface area contributed by atoms with Crippen LogP contribution in [0.15, 0.2) is 16.8 Å². The van der Waals surface area contributed by atoms with Gasteiger partial charge in [0, 0.05) is 11.6 Å². The highest BCUT2D eigenvalue weighted by molar-refractivity contribution is 7.88. The molecule has 0 aromatic rings. The van der Waals surface area contributed by atoms with Crippen LogP contribution < -0.4 is 4.83 Å². The van der Waals surface area contributed by atoms with Gasteiger partial charge in [0.1, 0.15) is 0 Å². The number of hydrogen-bond acceptors (Lipinski definition) is 3. The molecule has 0 aromatic carbocycles. The molecule has 0 heterocycles. The number of rotatable bonds is 3. The van der Waals surface area contributed by atoms with Crippen LogP contribution in [0, 0.1) is 5.92 Å². The van der Waals surface area contributed by atoms with Crippen molar-refractivity contribution in [2.45, 2.75) is 33.1 Å². The summed E-state index contributed by atoms with van der Waals surface area (Å²) in [6.07, 6.45) is 6.41. The van der Waals surface area contributed by atoms with E-state index in [2.05, 4.69) is 22.9 Å². The minimum atomic E-state index is -3.22. The number of allylic oxidation sites excluding steroid dienone is 2. The maximum atomic E-state index is 10.8. The van der Waals surface area contributed by atoms with E-state index in [1.807, 2.05) is 6.92 Å². The van der Waals surface area contributed by atoms with E-state index in [1.165, 1.54) is 5.57 Å².